The molecule has 0 N–H and O–H groups in total. The molecule has 1 aliphatic heterocycles. The molecule has 0 spiro atoms. The van der Waals surface area contributed by atoms with E-state index in [9.17, 15) is 9.18 Å². The molecule has 2 heterocycles. The third-order valence-corrected chi connectivity index (χ3v) is 8.34. The molecule has 3 aromatic carbocycles. The van der Waals surface area contributed by atoms with Crippen molar-refractivity contribution in [3.63, 3.8) is 0 Å². The fourth-order valence-corrected chi connectivity index (χ4v) is 6.38. The van der Waals surface area contributed by atoms with E-state index in [-0.39, 0.29) is 17.8 Å². The zero-order valence-electron chi connectivity index (χ0n) is 21.1. The fourth-order valence-electron chi connectivity index (χ4n) is 4.98. The van der Waals surface area contributed by atoms with Crippen molar-refractivity contribution in [3.05, 3.63) is 107 Å². The molecule has 5 nitrogen and oxygen atoms in total. The number of para-hydroxylation sites is 1. The Balaban J connectivity index is 1.29. The van der Waals surface area contributed by atoms with Crippen LogP contribution in [0.25, 0.3) is 23.0 Å². The molecule has 2 aliphatic rings. The van der Waals surface area contributed by atoms with Crippen LogP contribution in [-0.2, 0) is 11.4 Å². The molecule has 0 atom stereocenters. The predicted molar refractivity (Wildman–Crippen MR) is 157 cm³/mol. The molecule has 39 heavy (non-hydrogen) atoms. The molecule has 8 heteroatoms. The number of hydrogen-bond acceptors (Lipinski definition) is 5. The van der Waals surface area contributed by atoms with Crippen molar-refractivity contribution in [2.24, 2.45) is 0 Å². The van der Waals surface area contributed by atoms with Crippen LogP contribution in [0.15, 0.2) is 90.0 Å². The number of amides is 1. The van der Waals surface area contributed by atoms with Gasteiger partial charge in [0.15, 0.2) is 0 Å². The van der Waals surface area contributed by atoms with Gasteiger partial charge in [0.25, 0.3) is 5.91 Å². The van der Waals surface area contributed by atoms with E-state index in [2.05, 4.69) is 0 Å². The Bertz CT molecular complexity index is 1530. The topological polar surface area (TPSA) is 47.4 Å². The number of thiocarbonyl (C=S) groups is 1. The zero-order valence-corrected chi connectivity index (χ0v) is 22.8. The summed E-state index contributed by atoms with van der Waals surface area (Å²) < 4.78 is 21.5. The number of aromatic nitrogens is 2. The average Bonchev–Trinajstić information content (AvgIpc) is 3.69. The van der Waals surface area contributed by atoms with Crippen molar-refractivity contribution in [2.75, 3.05) is 0 Å². The smallest absolute Gasteiger partial charge is 0.266 e. The number of carbonyl (C=O) groups excluding carboxylic acids is 1. The number of halogens is 1. The summed E-state index contributed by atoms with van der Waals surface area (Å²) in [5, 5.41) is 4.89. The van der Waals surface area contributed by atoms with Gasteiger partial charge in [0.2, 0.25) is 0 Å². The van der Waals surface area contributed by atoms with Gasteiger partial charge in [-0.3, -0.25) is 9.69 Å². The number of hydrogen-bond donors (Lipinski definition) is 0. The van der Waals surface area contributed by atoms with Gasteiger partial charge >= 0.3 is 0 Å². The summed E-state index contributed by atoms with van der Waals surface area (Å²) in [6.07, 6.45) is 8.15. The first-order valence-electron chi connectivity index (χ1n) is 12.9. The van der Waals surface area contributed by atoms with E-state index in [4.69, 9.17) is 22.1 Å². The minimum atomic E-state index is -0.269. The maximum absolute atomic E-state index is 13.4. The molecule has 0 radical (unpaired) electrons. The summed E-state index contributed by atoms with van der Waals surface area (Å²) in [5.74, 6) is 0.416. The van der Waals surface area contributed by atoms with Crippen LogP contribution < -0.4 is 4.74 Å². The highest BCUT2D eigenvalue weighted by Crippen LogP contribution is 2.39. The first-order chi connectivity index (χ1) is 19.0. The Labute approximate surface area is 236 Å². The summed E-state index contributed by atoms with van der Waals surface area (Å²) in [4.78, 5) is 15.8. The molecule has 196 valence electrons. The summed E-state index contributed by atoms with van der Waals surface area (Å²) in [6.45, 7) is 0.344. The molecule has 1 saturated heterocycles. The quantitative estimate of drug-likeness (QED) is 0.176. The Morgan fingerprint density at radius 2 is 1.72 bits per heavy atom. The number of ether oxygens (including phenoxy) is 1. The van der Waals surface area contributed by atoms with E-state index in [1.54, 1.807) is 12.1 Å². The molecule has 6 rings (SSSR count). The second-order valence-electron chi connectivity index (χ2n) is 9.64. The first-order valence-corrected chi connectivity index (χ1v) is 14.2. The highest BCUT2D eigenvalue weighted by molar-refractivity contribution is 8.26. The maximum atomic E-state index is 13.4. The largest absolute Gasteiger partial charge is 0.489 e. The Kier molecular flexibility index (Phi) is 7.30. The molecule has 0 unspecified atom stereocenters. The standard InChI is InChI=1S/C31H26FN3O2S2/c32-24-14-10-21(11-15-24)20-37-27-16-12-22(13-17-27)29-23(19-34(33-29)25-6-2-1-3-7-25)18-28-30(36)35(31(38)39-28)26-8-4-5-9-26/h1-3,6-7,10-19,26H,4-5,8-9,20H2/b28-18-. The molecule has 4 aromatic rings. The van der Waals surface area contributed by atoms with Crippen molar-refractivity contribution in [1.29, 1.82) is 0 Å². The molecular formula is C31H26FN3O2S2. The number of nitrogens with zero attached hydrogens (tertiary/aromatic N) is 3. The van der Waals surface area contributed by atoms with Crippen LogP contribution in [0.4, 0.5) is 4.39 Å². The zero-order chi connectivity index (χ0) is 26.8. The lowest BCUT2D eigenvalue weighted by molar-refractivity contribution is -0.123. The lowest BCUT2D eigenvalue weighted by Gasteiger charge is -2.21. The second-order valence-corrected chi connectivity index (χ2v) is 11.3. The van der Waals surface area contributed by atoms with E-state index < -0.39 is 0 Å². The van der Waals surface area contributed by atoms with Crippen molar-refractivity contribution < 1.29 is 13.9 Å². The maximum Gasteiger partial charge on any atom is 0.266 e. The Hall–Kier alpha value is -3.75. The van der Waals surface area contributed by atoms with E-state index in [0.717, 1.165) is 53.8 Å². The normalized spacial score (nSPS) is 16.9. The first kappa shape index (κ1) is 25.5. The second kappa shape index (κ2) is 11.2. The van der Waals surface area contributed by atoms with Crippen LogP contribution >= 0.6 is 24.0 Å². The SMILES string of the molecule is O=C1/C(=C/c2cn(-c3ccccc3)nc2-c2ccc(OCc3ccc(F)cc3)cc2)SC(=S)N1C1CCCC1. The lowest BCUT2D eigenvalue weighted by atomic mass is 10.1. The molecular weight excluding hydrogens is 529 g/mol. The number of benzene rings is 3. The number of carbonyl (C=O) groups is 1. The van der Waals surface area contributed by atoms with Gasteiger partial charge in [-0.25, -0.2) is 9.07 Å². The van der Waals surface area contributed by atoms with Crippen LogP contribution in [0, 0.1) is 5.82 Å². The average molecular weight is 556 g/mol. The van der Waals surface area contributed by atoms with Crippen molar-refractivity contribution >= 4 is 40.3 Å². The minimum absolute atomic E-state index is 0.0140. The van der Waals surface area contributed by atoms with Gasteiger partial charge in [-0.1, -0.05) is 67.2 Å². The van der Waals surface area contributed by atoms with Crippen LogP contribution in [0.5, 0.6) is 5.75 Å². The van der Waals surface area contributed by atoms with E-state index >= 15 is 0 Å². The van der Waals surface area contributed by atoms with Crippen molar-refractivity contribution in [3.8, 4) is 22.7 Å². The van der Waals surface area contributed by atoms with Gasteiger partial charge in [-0.2, -0.15) is 5.10 Å². The van der Waals surface area contributed by atoms with Crippen LogP contribution in [-0.4, -0.2) is 30.9 Å². The van der Waals surface area contributed by atoms with Gasteiger partial charge in [-0.15, -0.1) is 0 Å². The summed E-state index contributed by atoms with van der Waals surface area (Å²) >= 11 is 6.98. The van der Waals surface area contributed by atoms with E-state index in [1.165, 1.54) is 23.9 Å². The van der Waals surface area contributed by atoms with Gasteiger partial charge < -0.3 is 4.74 Å². The molecule has 2 fully saturated rings. The third-order valence-electron chi connectivity index (χ3n) is 7.01. The van der Waals surface area contributed by atoms with Gasteiger partial charge in [0, 0.05) is 23.4 Å². The number of rotatable bonds is 7. The van der Waals surface area contributed by atoms with E-state index in [1.807, 2.05) is 76.5 Å². The molecule has 1 saturated carbocycles. The Morgan fingerprint density at radius 3 is 2.44 bits per heavy atom. The molecule has 1 aromatic heterocycles. The summed E-state index contributed by atoms with van der Waals surface area (Å²) in [5.41, 5.74) is 4.31. The summed E-state index contributed by atoms with van der Waals surface area (Å²) in [7, 11) is 0. The molecule has 1 aliphatic carbocycles. The van der Waals surface area contributed by atoms with Gasteiger partial charge in [0.1, 0.15) is 22.5 Å². The third kappa shape index (κ3) is 5.53. The molecule has 0 bridgehead atoms. The highest BCUT2D eigenvalue weighted by atomic mass is 32.2. The number of thioether (sulfide) groups is 1. The monoisotopic (exact) mass is 555 g/mol. The fraction of sp³-hybridized carbons (Fsp3) is 0.194. The van der Waals surface area contributed by atoms with Crippen LogP contribution in [0.1, 0.15) is 36.8 Å². The van der Waals surface area contributed by atoms with Crippen molar-refractivity contribution in [2.45, 2.75) is 38.3 Å². The van der Waals surface area contributed by atoms with Crippen molar-refractivity contribution in [1.82, 2.24) is 14.7 Å². The Morgan fingerprint density at radius 1 is 1.00 bits per heavy atom. The van der Waals surface area contributed by atoms with Crippen LogP contribution in [0.3, 0.4) is 0 Å². The highest BCUT2D eigenvalue weighted by Gasteiger charge is 2.38. The minimum Gasteiger partial charge on any atom is -0.489 e. The van der Waals surface area contributed by atoms with Crippen LogP contribution in [0.2, 0.25) is 0 Å². The lowest BCUT2D eigenvalue weighted by Crippen LogP contribution is -2.36. The van der Waals surface area contributed by atoms with Gasteiger partial charge in [-0.05, 0) is 73.0 Å². The van der Waals surface area contributed by atoms with E-state index in [0.29, 0.717) is 21.6 Å². The molecule has 1 amide bonds. The summed E-state index contributed by atoms with van der Waals surface area (Å²) in [6, 6.07) is 24.1. The van der Waals surface area contributed by atoms with Gasteiger partial charge in [0.05, 0.1) is 16.3 Å². The predicted octanol–water partition coefficient (Wildman–Crippen LogP) is 7.40.